The van der Waals surface area contributed by atoms with Crippen molar-refractivity contribution in [1.82, 2.24) is 40.4 Å². The number of rotatable bonds is 12. The number of halogens is 2. The number of aromatic amines is 2. The van der Waals surface area contributed by atoms with Crippen molar-refractivity contribution in [2.75, 3.05) is 33.6 Å². The molecule has 5 atom stereocenters. The first-order valence-electron chi connectivity index (χ1n) is 19.3. The Balaban J connectivity index is 1.16. The number of nitrogens with one attached hydrogen (secondary N) is 4. The Kier molecular flexibility index (Phi) is 13.6. The third kappa shape index (κ3) is 9.11. The van der Waals surface area contributed by atoms with Gasteiger partial charge in [-0.05, 0) is 48.5 Å². The van der Waals surface area contributed by atoms with Gasteiger partial charge in [0.25, 0.3) is 0 Å². The molecule has 2 aromatic heterocycles. The first-order valence-corrected chi connectivity index (χ1v) is 21.3. The minimum absolute atomic E-state index is 0.142. The van der Waals surface area contributed by atoms with Gasteiger partial charge in [-0.2, -0.15) is 11.8 Å². The summed E-state index contributed by atoms with van der Waals surface area (Å²) in [7, 11) is 2.55. The molecule has 2 aliphatic rings. The number of ether oxygens (including phenoxy) is 2. The summed E-state index contributed by atoms with van der Waals surface area (Å²) >= 11 is 15.2. The summed E-state index contributed by atoms with van der Waals surface area (Å²) in [6, 6.07) is 13.7. The zero-order chi connectivity index (χ0) is 41.8. The number of alkyl carbamates (subject to hydrolysis) is 2. The van der Waals surface area contributed by atoms with Crippen molar-refractivity contribution < 1.29 is 28.7 Å². The molecule has 4 heterocycles. The van der Waals surface area contributed by atoms with Crippen LogP contribution in [0.3, 0.4) is 0 Å². The Hall–Kier alpha value is -4.73. The van der Waals surface area contributed by atoms with Gasteiger partial charge in [-0.1, -0.05) is 99.4 Å². The summed E-state index contributed by atoms with van der Waals surface area (Å²) in [6.45, 7) is 8.58. The van der Waals surface area contributed by atoms with Gasteiger partial charge in [-0.15, -0.1) is 0 Å². The summed E-state index contributed by atoms with van der Waals surface area (Å²) in [5.41, 5.74) is 4.75. The molecule has 4 aromatic rings. The summed E-state index contributed by atoms with van der Waals surface area (Å²) < 4.78 is 9.54. The molecule has 1 unspecified atom stereocenters. The van der Waals surface area contributed by atoms with Gasteiger partial charge >= 0.3 is 12.2 Å². The van der Waals surface area contributed by atoms with E-state index in [1.807, 2.05) is 82.5 Å². The molecule has 310 valence electrons. The lowest BCUT2D eigenvalue weighted by Gasteiger charge is -2.30. The molecule has 4 N–H and O–H groups in total. The first-order chi connectivity index (χ1) is 27.7. The fraction of sp³-hybridized carbons (Fsp3) is 0.463. The topological polar surface area (TPSA) is 175 Å². The number of carbonyl (C=O) groups excluding carboxylic acids is 4. The summed E-state index contributed by atoms with van der Waals surface area (Å²) in [4.78, 5) is 71.2. The fourth-order valence-corrected chi connectivity index (χ4v) is 8.80. The van der Waals surface area contributed by atoms with Gasteiger partial charge in [0.1, 0.15) is 45.4 Å². The Morgan fingerprint density at radius 1 is 0.724 bits per heavy atom. The predicted molar refractivity (Wildman–Crippen MR) is 225 cm³/mol. The molecule has 0 saturated carbocycles. The third-order valence-electron chi connectivity index (χ3n) is 10.8. The highest BCUT2D eigenvalue weighted by Gasteiger charge is 2.42. The molecule has 4 amide bonds. The summed E-state index contributed by atoms with van der Waals surface area (Å²) in [5.74, 6) is 0.504. The Morgan fingerprint density at radius 3 is 1.59 bits per heavy atom. The lowest BCUT2D eigenvalue weighted by atomic mass is 10.0. The number of hydrogen-bond acceptors (Lipinski definition) is 9. The Labute approximate surface area is 352 Å². The van der Waals surface area contributed by atoms with E-state index in [0.717, 1.165) is 28.7 Å². The van der Waals surface area contributed by atoms with Crippen molar-refractivity contribution >= 4 is 59.0 Å². The smallest absolute Gasteiger partial charge is 0.407 e. The largest absolute Gasteiger partial charge is 0.453 e. The van der Waals surface area contributed by atoms with E-state index < -0.39 is 24.3 Å². The number of benzene rings is 2. The molecule has 2 aliphatic heterocycles. The standard InChI is InChI=1S/C41H50Cl2N8O6S/c1-21(2)30(46-40(54)56-5)38(52)50-18-8-9-28(50)36-44-32(34(42)48-36)25-14-10-23(11-15-25)24-12-16-26(17-13-24)33-35(43)49-37(45-33)29-19-27(58-7)20-51(29)39(53)31(22(3)4)47-41(55)57-6/h10-17,21-22,27-31H,8-9,18-20H2,1-7H3,(H,44,48)(H,45,49)(H,46,54)(H,47,55)/t27-,28-,29-,30-,31?/m0/s1. The lowest BCUT2D eigenvalue weighted by Crippen LogP contribution is -2.51. The van der Waals surface area contributed by atoms with Gasteiger partial charge in [0.2, 0.25) is 11.8 Å². The molecule has 14 nitrogen and oxygen atoms in total. The summed E-state index contributed by atoms with van der Waals surface area (Å²) in [5, 5.41) is 6.32. The lowest BCUT2D eigenvalue weighted by molar-refractivity contribution is -0.136. The van der Waals surface area contributed by atoms with E-state index in [-0.39, 0.29) is 41.0 Å². The maximum atomic E-state index is 13.8. The van der Waals surface area contributed by atoms with Crippen molar-refractivity contribution in [3.8, 4) is 33.6 Å². The molecule has 0 spiro atoms. The van der Waals surface area contributed by atoms with Crippen LogP contribution in [0.5, 0.6) is 0 Å². The number of methoxy groups -OCH3 is 2. The van der Waals surface area contributed by atoms with E-state index in [9.17, 15) is 19.2 Å². The molecule has 2 saturated heterocycles. The maximum Gasteiger partial charge on any atom is 0.407 e. The number of nitrogens with zero attached hydrogens (tertiary/aromatic N) is 4. The van der Waals surface area contributed by atoms with Crippen LogP contribution in [0.1, 0.15) is 70.7 Å². The van der Waals surface area contributed by atoms with Gasteiger partial charge in [0.15, 0.2) is 0 Å². The number of likely N-dealkylation sites (tertiary alicyclic amines) is 2. The van der Waals surface area contributed by atoms with Gasteiger partial charge in [-0.25, -0.2) is 19.6 Å². The molecule has 0 aliphatic carbocycles. The van der Waals surface area contributed by atoms with Crippen LogP contribution < -0.4 is 10.6 Å². The number of imidazole rings is 2. The fourth-order valence-electron chi connectivity index (χ4n) is 7.62. The molecule has 0 bridgehead atoms. The second-order valence-electron chi connectivity index (χ2n) is 15.2. The van der Waals surface area contributed by atoms with Crippen molar-refractivity contribution in [1.29, 1.82) is 0 Å². The van der Waals surface area contributed by atoms with Crippen LogP contribution in [0.4, 0.5) is 9.59 Å². The number of amides is 4. The highest BCUT2D eigenvalue weighted by atomic mass is 35.5. The first kappa shape index (κ1) is 42.9. The van der Waals surface area contributed by atoms with E-state index in [0.29, 0.717) is 59.3 Å². The Morgan fingerprint density at radius 2 is 1.16 bits per heavy atom. The number of thioether (sulfide) groups is 1. The van der Waals surface area contributed by atoms with Crippen molar-refractivity contribution in [3.63, 3.8) is 0 Å². The van der Waals surface area contributed by atoms with Crippen LogP contribution in [0.25, 0.3) is 33.6 Å². The number of H-pyrrole nitrogens is 2. The maximum absolute atomic E-state index is 13.8. The van der Waals surface area contributed by atoms with Crippen molar-refractivity contribution in [2.45, 2.75) is 76.4 Å². The quantitative estimate of drug-likeness (QED) is 0.111. The van der Waals surface area contributed by atoms with E-state index in [1.165, 1.54) is 14.2 Å². The van der Waals surface area contributed by atoms with Crippen LogP contribution in [-0.2, 0) is 19.1 Å². The van der Waals surface area contributed by atoms with Crippen LogP contribution in [-0.4, -0.2) is 105 Å². The van der Waals surface area contributed by atoms with Crippen LogP contribution >= 0.6 is 35.0 Å². The molecule has 58 heavy (non-hydrogen) atoms. The monoisotopic (exact) mass is 852 g/mol. The van der Waals surface area contributed by atoms with Gasteiger partial charge in [0, 0.05) is 29.5 Å². The van der Waals surface area contributed by atoms with Crippen LogP contribution in [0.15, 0.2) is 48.5 Å². The Bertz CT molecular complexity index is 2110. The second-order valence-corrected chi connectivity index (χ2v) is 17.1. The predicted octanol–water partition coefficient (Wildman–Crippen LogP) is 7.87. The van der Waals surface area contributed by atoms with Crippen molar-refractivity contribution in [2.24, 2.45) is 11.8 Å². The summed E-state index contributed by atoms with van der Waals surface area (Å²) in [6.07, 6.45) is 2.91. The highest BCUT2D eigenvalue weighted by Crippen LogP contribution is 2.40. The second kappa shape index (κ2) is 18.5. The van der Waals surface area contributed by atoms with Gasteiger partial charge < -0.3 is 39.9 Å². The third-order valence-corrected chi connectivity index (χ3v) is 12.4. The van der Waals surface area contributed by atoms with E-state index in [4.69, 9.17) is 42.6 Å². The average molecular weight is 854 g/mol. The van der Waals surface area contributed by atoms with Crippen LogP contribution in [0, 0.1) is 11.8 Å². The average Bonchev–Trinajstić information content (AvgIpc) is 4.04. The van der Waals surface area contributed by atoms with Gasteiger partial charge in [0.05, 0.1) is 26.3 Å². The van der Waals surface area contributed by atoms with E-state index >= 15 is 0 Å². The molecular weight excluding hydrogens is 803 g/mol. The molecule has 6 rings (SSSR count). The zero-order valence-electron chi connectivity index (χ0n) is 33.6. The molecule has 2 aromatic carbocycles. The molecule has 0 radical (unpaired) electrons. The SMILES string of the molecule is COC(=O)NC(C(=O)N1C[C@@H](SC)C[C@H]1c1nc(-c2ccc(-c3ccc(-c4nc([C@@H]5CCCN5C(=O)[C@@H](NC(=O)OC)C(C)C)[nH]c4Cl)cc3)cc2)c(Cl)[nH]1)C(C)C. The van der Waals surface area contributed by atoms with E-state index in [1.54, 1.807) is 21.6 Å². The number of carbonyl (C=O) groups is 4. The molecule has 2 fully saturated rings. The zero-order valence-corrected chi connectivity index (χ0v) is 35.9. The normalized spacial score (nSPS) is 19.1. The number of hydrogen-bond donors (Lipinski definition) is 4. The minimum Gasteiger partial charge on any atom is -0.453 e. The minimum atomic E-state index is -0.752. The van der Waals surface area contributed by atoms with Crippen molar-refractivity contribution in [3.05, 3.63) is 70.5 Å². The number of aromatic nitrogens is 4. The molecule has 17 heteroatoms. The molecular formula is C41H50Cl2N8O6S. The van der Waals surface area contributed by atoms with Crippen LogP contribution in [0.2, 0.25) is 10.3 Å². The van der Waals surface area contributed by atoms with Gasteiger partial charge in [-0.3, -0.25) is 9.59 Å². The van der Waals surface area contributed by atoms with E-state index in [2.05, 4.69) is 20.6 Å². The highest BCUT2D eigenvalue weighted by molar-refractivity contribution is 7.99.